The number of nitrogens with one attached hydrogen (secondary N) is 1. The SMILES string of the molecule is CSc1ccc(S(=O)(=O)NCc2ccccc2C)cc1C(=O)N1CCCCC1. The minimum atomic E-state index is -3.72. The highest BCUT2D eigenvalue weighted by atomic mass is 32.2. The second-order valence-electron chi connectivity index (χ2n) is 6.97. The van der Waals surface area contributed by atoms with Crippen LogP contribution in [0.5, 0.6) is 0 Å². The number of amides is 1. The molecule has 2 aromatic carbocycles. The zero-order valence-electron chi connectivity index (χ0n) is 16.3. The third-order valence-corrected chi connectivity index (χ3v) is 7.26. The standard InChI is InChI=1S/C21H26N2O3S2/c1-16-8-4-5-9-17(16)15-22-28(25,26)18-10-11-20(27-2)19(14-18)21(24)23-12-6-3-7-13-23/h4-5,8-11,14,22H,3,6-7,12-13,15H2,1-2H3. The quantitative estimate of drug-likeness (QED) is 0.724. The Kier molecular flexibility index (Phi) is 6.80. The molecular formula is C21H26N2O3S2. The summed E-state index contributed by atoms with van der Waals surface area (Å²) < 4.78 is 28.3. The number of thioether (sulfide) groups is 1. The van der Waals surface area contributed by atoms with Crippen LogP contribution >= 0.6 is 11.8 Å². The Bertz CT molecular complexity index is 952. The molecule has 0 radical (unpaired) electrons. The van der Waals surface area contributed by atoms with E-state index in [1.54, 1.807) is 12.1 Å². The van der Waals surface area contributed by atoms with E-state index in [-0.39, 0.29) is 17.3 Å². The Morgan fingerprint density at radius 2 is 1.82 bits per heavy atom. The van der Waals surface area contributed by atoms with Crippen LogP contribution in [0.15, 0.2) is 52.3 Å². The van der Waals surface area contributed by atoms with Crippen molar-refractivity contribution >= 4 is 27.7 Å². The number of hydrogen-bond acceptors (Lipinski definition) is 4. The summed E-state index contributed by atoms with van der Waals surface area (Å²) in [5, 5.41) is 0. The van der Waals surface area contributed by atoms with Gasteiger partial charge in [-0.05, 0) is 61.8 Å². The van der Waals surface area contributed by atoms with Crippen LogP contribution in [-0.2, 0) is 16.6 Å². The van der Waals surface area contributed by atoms with E-state index < -0.39 is 10.0 Å². The second-order valence-corrected chi connectivity index (χ2v) is 9.58. The van der Waals surface area contributed by atoms with Gasteiger partial charge in [-0.25, -0.2) is 13.1 Å². The van der Waals surface area contributed by atoms with Gasteiger partial charge in [0.05, 0.1) is 10.5 Å². The second kappa shape index (κ2) is 9.11. The fourth-order valence-electron chi connectivity index (χ4n) is 3.35. The normalized spacial score (nSPS) is 14.9. The summed E-state index contributed by atoms with van der Waals surface area (Å²) in [7, 11) is -3.72. The molecule has 0 aromatic heterocycles. The van der Waals surface area contributed by atoms with Crippen molar-refractivity contribution in [1.29, 1.82) is 0 Å². The molecule has 0 unspecified atom stereocenters. The molecule has 1 aliphatic rings. The number of carbonyl (C=O) groups excluding carboxylic acids is 1. The lowest BCUT2D eigenvalue weighted by Gasteiger charge is -2.27. The number of aryl methyl sites for hydroxylation is 1. The van der Waals surface area contributed by atoms with Gasteiger partial charge in [0.25, 0.3) is 5.91 Å². The van der Waals surface area contributed by atoms with E-state index >= 15 is 0 Å². The lowest BCUT2D eigenvalue weighted by atomic mass is 10.1. The highest BCUT2D eigenvalue weighted by molar-refractivity contribution is 7.98. The van der Waals surface area contributed by atoms with E-state index in [2.05, 4.69) is 4.72 Å². The van der Waals surface area contributed by atoms with Gasteiger partial charge in [0, 0.05) is 24.5 Å². The minimum Gasteiger partial charge on any atom is -0.339 e. The van der Waals surface area contributed by atoms with Gasteiger partial charge >= 0.3 is 0 Å². The van der Waals surface area contributed by atoms with Crippen molar-refractivity contribution < 1.29 is 13.2 Å². The summed E-state index contributed by atoms with van der Waals surface area (Å²) in [6.45, 7) is 3.63. The lowest BCUT2D eigenvalue weighted by Crippen LogP contribution is -2.36. The molecule has 3 rings (SSSR count). The largest absolute Gasteiger partial charge is 0.339 e. The van der Waals surface area contributed by atoms with Gasteiger partial charge in [0.15, 0.2) is 0 Å². The summed E-state index contributed by atoms with van der Waals surface area (Å²) in [4.78, 5) is 15.7. The monoisotopic (exact) mass is 418 g/mol. The topological polar surface area (TPSA) is 66.5 Å². The van der Waals surface area contributed by atoms with Gasteiger partial charge in [0.2, 0.25) is 10.0 Å². The molecule has 1 heterocycles. The predicted molar refractivity (Wildman–Crippen MR) is 113 cm³/mol. The van der Waals surface area contributed by atoms with Gasteiger partial charge < -0.3 is 4.90 Å². The number of piperidine rings is 1. The number of hydrogen-bond donors (Lipinski definition) is 1. The van der Waals surface area contributed by atoms with Crippen molar-refractivity contribution in [3.8, 4) is 0 Å². The highest BCUT2D eigenvalue weighted by Crippen LogP contribution is 2.26. The first-order valence-corrected chi connectivity index (χ1v) is 12.1. The first-order valence-electron chi connectivity index (χ1n) is 9.44. The van der Waals surface area contributed by atoms with Crippen LogP contribution in [0.3, 0.4) is 0 Å². The third-order valence-electron chi connectivity index (χ3n) is 5.07. The number of carbonyl (C=O) groups is 1. The van der Waals surface area contributed by atoms with Gasteiger partial charge in [0.1, 0.15) is 0 Å². The molecule has 5 nitrogen and oxygen atoms in total. The van der Waals surface area contributed by atoms with Crippen molar-refractivity contribution in [2.24, 2.45) is 0 Å². The number of likely N-dealkylation sites (tertiary alicyclic amines) is 1. The Morgan fingerprint density at radius 3 is 2.50 bits per heavy atom. The summed E-state index contributed by atoms with van der Waals surface area (Å²) in [5.41, 5.74) is 2.42. The zero-order chi connectivity index (χ0) is 20.1. The van der Waals surface area contributed by atoms with Gasteiger partial charge in [-0.3, -0.25) is 4.79 Å². The molecule has 1 amide bonds. The Labute approximate surface area is 171 Å². The highest BCUT2D eigenvalue weighted by Gasteiger charge is 2.23. The molecule has 1 aliphatic heterocycles. The van der Waals surface area contributed by atoms with Crippen LogP contribution in [0.1, 0.15) is 40.7 Å². The fourth-order valence-corrected chi connectivity index (χ4v) is 4.96. The Morgan fingerprint density at radius 1 is 1.11 bits per heavy atom. The molecule has 0 aliphatic carbocycles. The molecule has 28 heavy (non-hydrogen) atoms. The van der Waals surface area contributed by atoms with Crippen LogP contribution < -0.4 is 4.72 Å². The predicted octanol–water partition coefficient (Wildman–Crippen LogP) is 3.82. The van der Waals surface area contributed by atoms with Gasteiger partial charge in [-0.15, -0.1) is 11.8 Å². The molecule has 1 saturated heterocycles. The van der Waals surface area contributed by atoms with E-state index in [9.17, 15) is 13.2 Å². The fraction of sp³-hybridized carbons (Fsp3) is 0.381. The first kappa shape index (κ1) is 20.9. The Balaban J connectivity index is 1.84. The van der Waals surface area contributed by atoms with Crippen molar-refractivity contribution in [1.82, 2.24) is 9.62 Å². The van der Waals surface area contributed by atoms with Gasteiger partial charge in [-0.2, -0.15) is 0 Å². The molecule has 150 valence electrons. The van der Waals surface area contributed by atoms with Crippen molar-refractivity contribution in [2.45, 2.75) is 42.5 Å². The first-order chi connectivity index (χ1) is 13.4. The average Bonchev–Trinajstić information content (AvgIpc) is 2.72. The van der Waals surface area contributed by atoms with E-state index in [0.717, 1.165) is 48.4 Å². The third kappa shape index (κ3) is 4.77. The Hall–Kier alpha value is -1.83. The maximum absolute atomic E-state index is 13.0. The molecule has 1 fully saturated rings. The molecule has 2 aromatic rings. The molecule has 0 atom stereocenters. The van der Waals surface area contributed by atoms with Crippen molar-refractivity contribution in [3.05, 3.63) is 59.2 Å². The smallest absolute Gasteiger partial charge is 0.255 e. The van der Waals surface area contributed by atoms with E-state index in [1.807, 2.05) is 42.3 Å². The number of benzene rings is 2. The van der Waals surface area contributed by atoms with Crippen LogP contribution in [0.25, 0.3) is 0 Å². The number of nitrogens with zero attached hydrogens (tertiary/aromatic N) is 1. The van der Waals surface area contributed by atoms with Crippen molar-refractivity contribution in [3.63, 3.8) is 0 Å². The van der Waals surface area contributed by atoms with E-state index in [1.165, 1.54) is 17.8 Å². The molecule has 7 heteroatoms. The summed E-state index contributed by atoms with van der Waals surface area (Å²) in [5.74, 6) is -0.0833. The molecule has 0 bridgehead atoms. The number of sulfonamides is 1. The number of rotatable bonds is 6. The summed E-state index contributed by atoms with van der Waals surface area (Å²) in [6.07, 6.45) is 5.02. The van der Waals surface area contributed by atoms with Crippen LogP contribution in [0.4, 0.5) is 0 Å². The van der Waals surface area contributed by atoms with E-state index in [4.69, 9.17) is 0 Å². The average molecular weight is 419 g/mol. The van der Waals surface area contributed by atoms with Gasteiger partial charge in [-0.1, -0.05) is 24.3 Å². The molecule has 0 spiro atoms. The maximum Gasteiger partial charge on any atom is 0.255 e. The van der Waals surface area contributed by atoms with Crippen LogP contribution in [0.2, 0.25) is 0 Å². The van der Waals surface area contributed by atoms with Crippen LogP contribution in [-0.4, -0.2) is 38.6 Å². The van der Waals surface area contributed by atoms with E-state index in [0.29, 0.717) is 5.56 Å². The summed E-state index contributed by atoms with van der Waals surface area (Å²) >= 11 is 1.46. The van der Waals surface area contributed by atoms with Crippen LogP contribution in [0, 0.1) is 6.92 Å². The summed E-state index contributed by atoms with van der Waals surface area (Å²) in [6, 6.07) is 12.5. The molecular weight excluding hydrogens is 392 g/mol. The molecule has 0 saturated carbocycles. The lowest BCUT2D eigenvalue weighted by molar-refractivity contribution is 0.0720. The zero-order valence-corrected chi connectivity index (χ0v) is 17.9. The maximum atomic E-state index is 13.0. The van der Waals surface area contributed by atoms with Crippen molar-refractivity contribution in [2.75, 3.05) is 19.3 Å². The minimum absolute atomic E-state index is 0.0833. The molecule has 1 N–H and O–H groups in total.